The zero-order valence-corrected chi connectivity index (χ0v) is 22.8. The predicted octanol–water partition coefficient (Wildman–Crippen LogP) is 6.76. The molecule has 0 radical (unpaired) electrons. The molecule has 2 aromatic heterocycles. The zero-order chi connectivity index (χ0) is 28.3. The number of aromatic nitrogens is 2. The Kier molecular flexibility index (Phi) is 7.05. The number of ether oxygens (including phenoxy) is 2. The highest BCUT2D eigenvalue weighted by Crippen LogP contribution is 2.42. The van der Waals surface area contributed by atoms with Crippen molar-refractivity contribution >= 4 is 28.7 Å². The summed E-state index contributed by atoms with van der Waals surface area (Å²) in [6.07, 6.45) is 3.71. The second-order valence-corrected chi connectivity index (χ2v) is 9.73. The molecule has 2 atom stereocenters. The molecule has 0 amide bonds. The lowest BCUT2D eigenvalue weighted by molar-refractivity contribution is -0.384. The van der Waals surface area contributed by atoms with E-state index in [9.17, 15) is 10.1 Å². The molecule has 1 fully saturated rings. The normalized spacial score (nSPS) is 16.3. The van der Waals surface area contributed by atoms with E-state index in [4.69, 9.17) is 21.7 Å². The number of hydrogen-bond acceptors (Lipinski definition) is 6. The van der Waals surface area contributed by atoms with Crippen LogP contribution >= 0.6 is 12.2 Å². The number of thiocarbonyl (C=S) groups is 1. The number of benzene rings is 3. The second-order valence-electron chi connectivity index (χ2n) is 9.34. The monoisotopic (exact) mass is 563 g/mol. The van der Waals surface area contributed by atoms with Crippen LogP contribution in [0.15, 0.2) is 116 Å². The van der Waals surface area contributed by atoms with Crippen LogP contribution in [0, 0.1) is 10.1 Å². The fourth-order valence-electron chi connectivity index (χ4n) is 4.99. The standard InChI is InChI=1S/C31H25N5O4S/c1-39-24-15-17-26(18-16-24)40-25-13-11-22(12-14-25)35-30(29(33-31(35)41)27-5-2-3-19-32-27)28-6-4-20-34(28)21-7-9-23(10-8-21)36(37)38/h2-20,29-30H,1H3,(H,33,41)/t29-,30-/m1/s1. The number of pyridine rings is 1. The van der Waals surface area contributed by atoms with Crippen molar-refractivity contribution in [3.8, 4) is 22.9 Å². The molecule has 1 saturated heterocycles. The number of nitrogens with one attached hydrogen (secondary N) is 1. The number of nitrogens with zero attached hydrogens (tertiary/aromatic N) is 4. The summed E-state index contributed by atoms with van der Waals surface area (Å²) in [5, 5.41) is 15.2. The number of methoxy groups -OCH3 is 1. The van der Waals surface area contributed by atoms with Crippen molar-refractivity contribution in [3.63, 3.8) is 0 Å². The third kappa shape index (κ3) is 5.20. The second kappa shape index (κ2) is 11.1. The average molecular weight is 564 g/mol. The van der Waals surface area contributed by atoms with Gasteiger partial charge in [-0.15, -0.1) is 0 Å². The molecule has 0 spiro atoms. The van der Waals surface area contributed by atoms with E-state index in [0.717, 1.165) is 28.5 Å². The van der Waals surface area contributed by atoms with E-state index in [1.807, 2.05) is 89.6 Å². The molecule has 5 aromatic rings. The van der Waals surface area contributed by atoms with Crippen molar-refractivity contribution in [1.82, 2.24) is 14.9 Å². The molecule has 0 aliphatic carbocycles. The van der Waals surface area contributed by atoms with E-state index >= 15 is 0 Å². The molecule has 9 nitrogen and oxygen atoms in total. The van der Waals surface area contributed by atoms with Gasteiger partial charge in [-0.25, -0.2) is 0 Å². The third-order valence-electron chi connectivity index (χ3n) is 6.93. The fraction of sp³-hybridized carbons (Fsp3) is 0.0968. The van der Waals surface area contributed by atoms with Gasteiger partial charge in [0.15, 0.2) is 5.11 Å². The van der Waals surface area contributed by atoms with E-state index in [2.05, 4.69) is 15.2 Å². The molecule has 3 aromatic carbocycles. The number of non-ortho nitro benzene ring substituents is 1. The van der Waals surface area contributed by atoms with Crippen molar-refractivity contribution in [2.75, 3.05) is 12.0 Å². The van der Waals surface area contributed by atoms with Crippen LogP contribution in [0.4, 0.5) is 11.4 Å². The van der Waals surface area contributed by atoms with Crippen LogP contribution in [0.1, 0.15) is 23.5 Å². The fourth-order valence-corrected chi connectivity index (χ4v) is 5.34. The van der Waals surface area contributed by atoms with Crippen LogP contribution in [-0.4, -0.2) is 26.7 Å². The van der Waals surface area contributed by atoms with Gasteiger partial charge in [0.2, 0.25) is 0 Å². The van der Waals surface area contributed by atoms with Gasteiger partial charge < -0.3 is 24.3 Å². The molecule has 0 unspecified atom stereocenters. The topological polar surface area (TPSA) is 94.7 Å². The Labute approximate surface area is 241 Å². The van der Waals surface area contributed by atoms with Gasteiger partial charge in [0, 0.05) is 41.6 Å². The van der Waals surface area contributed by atoms with E-state index in [1.165, 1.54) is 12.1 Å². The molecule has 204 valence electrons. The van der Waals surface area contributed by atoms with Crippen molar-refractivity contribution in [3.05, 3.63) is 137 Å². The van der Waals surface area contributed by atoms with Crippen molar-refractivity contribution in [2.45, 2.75) is 12.1 Å². The Hall–Kier alpha value is -5.22. The summed E-state index contributed by atoms with van der Waals surface area (Å²) >= 11 is 5.88. The summed E-state index contributed by atoms with van der Waals surface area (Å²) in [7, 11) is 1.63. The van der Waals surface area contributed by atoms with Crippen LogP contribution in [0.25, 0.3) is 5.69 Å². The Morgan fingerprint density at radius 3 is 2.15 bits per heavy atom. The molecule has 1 aliphatic heterocycles. The first-order chi connectivity index (χ1) is 20.0. The number of nitro benzene ring substituents is 1. The van der Waals surface area contributed by atoms with Gasteiger partial charge in [-0.2, -0.15) is 0 Å². The number of rotatable bonds is 8. The Balaban J connectivity index is 1.36. The molecule has 3 heterocycles. The van der Waals surface area contributed by atoms with Crippen molar-refractivity contribution < 1.29 is 14.4 Å². The minimum absolute atomic E-state index is 0.0381. The average Bonchev–Trinajstić information content (AvgIpc) is 3.63. The highest BCUT2D eigenvalue weighted by molar-refractivity contribution is 7.80. The van der Waals surface area contributed by atoms with Gasteiger partial charge in [-0.05, 0) is 97.1 Å². The maximum Gasteiger partial charge on any atom is 0.269 e. The molecule has 0 bridgehead atoms. The quantitative estimate of drug-likeness (QED) is 0.126. The molecule has 6 rings (SSSR count). The van der Waals surface area contributed by atoms with Crippen LogP contribution in [0.3, 0.4) is 0 Å². The van der Waals surface area contributed by atoms with Crippen LogP contribution in [-0.2, 0) is 0 Å². The SMILES string of the molecule is COc1ccc(Oc2ccc(N3C(=S)N[C@H](c4ccccn4)[C@H]3c3cccn3-c3ccc([N+](=O)[O-])cc3)cc2)cc1. The number of hydrogen-bond donors (Lipinski definition) is 1. The minimum atomic E-state index is -0.402. The maximum absolute atomic E-state index is 11.2. The van der Waals surface area contributed by atoms with Crippen LogP contribution in [0.5, 0.6) is 17.2 Å². The van der Waals surface area contributed by atoms with Crippen molar-refractivity contribution in [2.24, 2.45) is 0 Å². The van der Waals surface area contributed by atoms with E-state index in [0.29, 0.717) is 16.6 Å². The minimum Gasteiger partial charge on any atom is -0.497 e. The van der Waals surface area contributed by atoms with E-state index in [-0.39, 0.29) is 17.8 Å². The molecule has 0 saturated carbocycles. The van der Waals surface area contributed by atoms with Crippen LogP contribution < -0.4 is 19.7 Å². The van der Waals surface area contributed by atoms with Gasteiger partial charge in [0.25, 0.3) is 5.69 Å². The predicted molar refractivity (Wildman–Crippen MR) is 160 cm³/mol. The molecular weight excluding hydrogens is 538 g/mol. The maximum atomic E-state index is 11.2. The first-order valence-corrected chi connectivity index (χ1v) is 13.3. The first kappa shape index (κ1) is 26.0. The lowest BCUT2D eigenvalue weighted by Gasteiger charge is -2.29. The molecule has 1 N–H and O–H groups in total. The number of anilines is 1. The molecular formula is C31H25N5O4S. The first-order valence-electron chi connectivity index (χ1n) is 12.9. The molecule has 41 heavy (non-hydrogen) atoms. The number of nitro groups is 1. The van der Waals surface area contributed by atoms with Crippen molar-refractivity contribution in [1.29, 1.82) is 0 Å². The van der Waals surface area contributed by atoms with Gasteiger partial charge in [0.1, 0.15) is 23.3 Å². The molecule has 10 heteroatoms. The van der Waals surface area contributed by atoms with E-state index < -0.39 is 4.92 Å². The zero-order valence-electron chi connectivity index (χ0n) is 22.0. The Morgan fingerprint density at radius 2 is 1.51 bits per heavy atom. The van der Waals surface area contributed by atoms with Gasteiger partial charge in [-0.1, -0.05) is 6.07 Å². The lowest BCUT2D eigenvalue weighted by atomic mass is 10.0. The summed E-state index contributed by atoms with van der Waals surface area (Å²) in [4.78, 5) is 17.5. The highest BCUT2D eigenvalue weighted by Gasteiger charge is 2.42. The highest BCUT2D eigenvalue weighted by atomic mass is 32.1. The summed E-state index contributed by atoms with van der Waals surface area (Å²) in [5.41, 5.74) is 3.51. The Bertz CT molecular complexity index is 1670. The third-order valence-corrected chi connectivity index (χ3v) is 7.24. The Morgan fingerprint density at radius 1 is 0.854 bits per heavy atom. The summed E-state index contributed by atoms with van der Waals surface area (Å²) in [5.74, 6) is 2.14. The summed E-state index contributed by atoms with van der Waals surface area (Å²) in [6.45, 7) is 0. The smallest absolute Gasteiger partial charge is 0.269 e. The summed E-state index contributed by atoms with van der Waals surface area (Å²) in [6, 6.07) is 30.9. The largest absolute Gasteiger partial charge is 0.497 e. The van der Waals surface area contributed by atoms with E-state index in [1.54, 1.807) is 25.4 Å². The lowest BCUT2D eigenvalue weighted by Crippen LogP contribution is -2.30. The van der Waals surface area contributed by atoms with Gasteiger partial charge >= 0.3 is 0 Å². The van der Waals surface area contributed by atoms with Gasteiger partial charge in [0.05, 0.1) is 23.8 Å². The summed E-state index contributed by atoms with van der Waals surface area (Å²) < 4.78 is 13.3. The van der Waals surface area contributed by atoms with Gasteiger partial charge in [-0.3, -0.25) is 15.1 Å². The molecule has 1 aliphatic rings. The van der Waals surface area contributed by atoms with Crippen LogP contribution in [0.2, 0.25) is 0 Å².